The van der Waals surface area contributed by atoms with E-state index in [1.807, 2.05) is 9.80 Å². The monoisotopic (exact) mass is 436 g/mol. The van der Waals surface area contributed by atoms with Crippen LogP contribution >= 0.6 is 15.9 Å². The summed E-state index contributed by atoms with van der Waals surface area (Å²) < 4.78 is 6.12. The standard InChI is InChI=1S/C18H21BrN4O4/c19-13-1-2-14-15(11-13)23(17(25)16(14)24)12-20-3-5-21(6-4-20)18(26)22-7-9-27-10-8-22/h1-2,11H,3-10,12H2. The molecule has 4 rings (SSSR count). The van der Waals surface area contributed by atoms with Crippen LogP contribution in [-0.4, -0.2) is 91.6 Å². The molecule has 3 heterocycles. The molecule has 0 bridgehead atoms. The molecule has 8 nitrogen and oxygen atoms in total. The van der Waals surface area contributed by atoms with Crippen LogP contribution in [0, 0.1) is 0 Å². The first-order valence-corrected chi connectivity index (χ1v) is 9.83. The molecule has 0 radical (unpaired) electrons. The van der Waals surface area contributed by atoms with E-state index in [1.54, 1.807) is 18.2 Å². The maximum atomic E-state index is 12.6. The molecule has 144 valence electrons. The molecule has 9 heteroatoms. The third-order valence-corrected chi connectivity index (χ3v) is 5.69. The van der Waals surface area contributed by atoms with Gasteiger partial charge in [0.15, 0.2) is 0 Å². The molecule has 27 heavy (non-hydrogen) atoms. The van der Waals surface area contributed by atoms with E-state index in [-0.39, 0.29) is 6.03 Å². The fraction of sp³-hybridized carbons (Fsp3) is 0.500. The third kappa shape index (κ3) is 3.59. The Labute approximate surface area is 165 Å². The van der Waals surface area contributed by atoms with E-state index < -0.39 is 11.7 Å². The number of piperazine rings is 1. The van der Waals surface area contributed by atoms with Crippen LogP contribution in [0.25, 0.3) is 0 Å². The summed E-state index contributed by atoms with van der Waals surface area (Å²) in [6, 6.07) is 5.30. The third-order valence-electron chi connectivity index (χ3n) is 5.20. The summed E-state index contributed by atoms with van der Waals surface area (Å²) in [6.45, 7) is 5.35. The van der Waals surface area contributed by atoms with Crippen molar-refractivity contribution in [1.29, 1.82) is 0 Å². The average molecular weight is 437 g/mol. The van der Waals surface area contributed by atoms with Gasteiger partial charge in [0.25, 0.3) is 5.78 Å². The summed E-state index contributed by atoms with van der Waals surface area (Å²) in [4.78, 5) is 44.4. The van der Waals surface area contributed by atoms with Gasteiger partial charge in [-0.3, -0.25) is 19.4 Å². The van der Waals surface area contributed by atoms with Crippen LogP contribution < -0.4 is 4.90 Å². The van der Waals surface area contributed by atoms with E-state index in [2.05, 4.69) is 20.8 Å². The lowest BCUT2D eigenvalue weighted by atomic mass is 10.1. The summed E-state index contributed by atoms with van der Waals surface area (Å²) >= 11 is 3.40. The van der Waals surface area contributed by atoms with Crippen molar-refractivity contribution < 1.29 is 19.1 Å². The van der Waals surface area contributed by atoms with Gasteiger partial charge in [0.05, 0.1) is 31.1 Å². The number of nitrogens with zero attached hydrogens (tertiary/aromatic N) is 4. The van der Waals surface area contributed by atoms with Crippen LogP contribution in [0.1, 0.15) is 10.4 Å². The Bertz CT molecular complexity index is 773. The van der Waals surface area contributed by atoms with Crippen LogP contribution in [0.15, 0.2) is 22.7 Å². The van der Waals surface area contributed by atoms with Crippen molar-refractivity contribution in [2.75, 3.05) is 64.1 Å². The number of hydrogen-bond acceptors (Lipinski definition) is 5. The number of rotatable bonds is 2. The minimum atomic E-state index is -0.491. The largest absolute Gasteiger partial charge is 0.378 e. The van der Waals surface area contributed by atoms with Gasteiger partial charge in [-0.25, -0.2) is 4.79 Å². The number of halogens is 1. The number of amides is 3. The van der Waals surface area contributed by atoms with Crippen LogP contribution in [-0.2, 0) is 9.53 Å². The zero-order valence-electron chi connectivity index (χ0n) is 14.9. The fourth-order valence-electron chi connectivity index (χ4n) is 3.64. The van der Waals surface area contributed by atoms with E-state index in [0.717, 1.165) is 4.47 Å². The lowest BCUT2D eigenvalue weighted by molar-refractivity contribution is -0.114. The molecule has 2 saturated heterocycles. The molecule has 0 saturated carbocycles. The number of carbonyl (C=O) groups excluding carboxylic acids is 3. The number of anilines is 1. The van der Waals surface area contributed by atoms with Crippen molar-refractivity contribution in [2.24, 2.45) is 0 Å². The second-order valence-electron chi connectivity index (χ2n) is 6.85. The zero-order chi connectivity index (χ0) is 19.0. The number of morpholine rings is 1. The molecule has 3 aliphatic rings. The minimum absolute atomic E-state index is 0.0552. The lowest BCUT2D eigenvalue weighted by Gasteiger charge is -2.39. The Morgan fingerprint density at radius 3 is 2.37 bits per heavy atom. The Hall–Kier alpha value is -1.97. The SMILES string of the molecule is O=C1C(=O)N(CN2CCN(C(=O)N3CCOCC3)CC2)c2cc(Br)ccc21. The summed E-state index contributed by atoms with van der Waals surface area (Å²) in [5.41, 5.74) is 1.09. The fourth-order valence-corrected chi connectivity index (χ4v) is 3.99. The van der Waals surface area contributed by atoms with E-state index in [1.165, 1.54) is 4.90 Å². The summed E-state index contributed by atoms with van der Waals surface area (Å²) in [7, 11) is 0. The average Bonchev–Trinajstić information content (AvgIpc) is 2.93. The van der Waals surface area contributed by atoms with E-state index in [4.69, 9.17) is 4.74 Å². The molecule has 2 fully saturated rings. The van der Waals surface area contributed by atoms with Gasteiger partial charge in [-0.15, -0.1) is 0 Å². The van der Waals surface area contributed by atoms with E-state index in [0.29, 0.717) is 70.4 Å². The number of ether oxygens (including phenoxy) is 1. The molecule has 0 N–H and O–H groups in total. The lowest BCUT2D eigenvalue weighted by Crippen LogP contribution is -2.56. The highest BCUT2D eigenvalue weighted by Gasteiger charge is 2.37. The minimum Gasteiger partial charge on any atom is -0.378 e. The van der Waals surface area contributed by atoms with Crippen molar-refractivity contribution in [1.82, 2.24) is 14.7 Å². The molecule has 0 unspecified atom stereocenters. The predicted octanol–water partition coefficient (Wildman–Crippen LogP) is 1.01. The molecule has 0 aliphatic carbocycles. The van der Waals surface area contributed by atoms with Crippen molar-refractivity contribution in [3.8, 4) is 0 Å². The molecule has 3 amide bonds. The molecular formula is C18H21BrN4O4. The van der Waals surface area contributed by atoms with Gasteiger partial charge >= 0.3 is 11.9 Å². The molecule has 1 aromatic carbocycles. The predicted molar refractivity (Wildman–Crippen MR) is 102 cm³/mol. The molecule has 3 aliphatic heterocycles. The van der Waals surface area contributed by atoms with Gasteiger partial charge in [-0.2, -0.15) is 0 Å². The van der Waals surface area contributed by atoms with Gasteiger partial charge in [0.1, 0.15) is 0 Å². The van der Waals surface area contributed by atoms with Crippen molar-refractivity contribution >= 4 is 39.3 Å². The van der Waals surface area contributed by atoms with E-state index >= 15 is 0 Å². The van der Waals surface area contributed by atoms with Crippen LogP contribution in [0.5, 0.6) is 0 Å². The Morgan fingerprint density at radius 1 is 1.00 bits per heavy atom. The number of ketones is 1. The zero-order valence-corrected chi connectivity index (χ0v) is 16.5. The quantitative estimate of drug-likeness (QED) is 0.646. The smallest absolute Gasteiger partial charge is 0.320 e. The van der Waals surface area contributed by atoms with Gasteiger partial charge in [-0.1, -0.05) is 15.9 Å². The van der Waals surface area contributed by atoms with Gasteiger partial charge in [0, 0.05) is 43.7 Å². The first-order valence-electron chi connectivity index (χ1n) is 9.04. The molecule has 1 aromatic rings. The second-order valence-corrected chi connectivity index (χ2v) is 7.77. The molecule has 0 spiro atoms. The first-order chi connectivity index (χ1) is 13.0. The maximum absolute atomic E-state index is 12.6. The molecule has 0 atom stereocenters. The Morgan fingerprint density at radius 2 is 1.67 bits per heavy atom. The van der Waals surface area contributed by atoms with Crippen molar-refractivity contribution in [3.63, 3.8) is 0 Å². The summed E-state index contributed by atoms with van der Waals surface area (Å²) in [5.74, 6) is -0.950. The maximum Gasteiger partial charge on any atom is 0.320 e. The second kappa shape index (κ2) is 7.57. The number of Topliss-reactive ketones (excluding diaryl/α,β-unsaturated/α-hetero) is 1. The number of benzene rings is 1. The van der Waals surface area contributed by atoms with Crippen LogP contribution in [0.2, 0.25) is 0 Å². The highest BCUT2D eigenvalue weighted by atomic mass is 79.9. The van der Waals surface area contributed by atoms with Gasteiger partial charge < -0.3 is 14.5 Å². The Balaban J connectivity index is 1.37. The van der Waals surface area contributed by atoms with Gasteiger partial charge in [-0.05, 0) is 18.2 Å². The topological polar surface area (TPSA) is 73.4 Å². The van der Waals surface area contributed by atoms with Crippen molar-refractivity contribution in [2.45, 2.75) is 0 Å². The summed E-state index contributed by atoms with van der Waals surface area (Å²) in [5, 5.41) is 0. The molecule has 0 aromatic heterocycles. The summed E-state index contributed by atoms with van der Waals surface area (Å²) in [6.07, 6.45) is 0. The highest BCUT2D eigenvalue weighted by Crippen LogP contribution is 2.31. The number of hydrogen-bond donors (Lipinski definition) is 0. The van der Waals surface area contributed by atoms with E-state index in [9.17, 15) is 14.4 Å². The van der Waals surface area contributed by atoms with Gasteiger partial charge in [0.2, 0.25) is 0 Å². The Kier molecular flexibility index (Phi) is 5.16. The number of urea groups is 1. The normalized spacial score (nSPS) is 21.0. The highest BCUT2D eigenvalue weighted by molar-refractivity contribution is 9.10. The van der Waals surface area contributed by atoms with Crippen LogP contribution in [0.3, 0.4) is 0 Å². The number of fused-ring (bicyclic) bond motifs is 1. The van der Waals surface area contributed by atoms with Crippen molar-refractivity contribution in [3.05, 3.63) is 28.2 Å². The molecular weight excluding hydrogens is 416 g/mol. The first kappa shape index (κ1) is 18.4. The number of carbonyl (C=O) groups is 3. The van der Waals surface area contributed by atoms with Crippen LogP contribution in [0.4, 0.5) is 10.5 Å².